The van der Waals surface area contributed by atoms with Crippen molar-refractivity contribution in [1.29, 1.82) is 0 Å². The molecule has 0 radical (unpaired) electrons. The number of ether oxygens (including phenoxy) is 2. The van der Waals surface area contributed by atoms with Crippen LogP contribution in [0.25, 0.3) is 21.8 Å². The normalized spacial score (nSPS) is 35.2. The number of allylic oxidation sites excluding steroid dienone is 1. The SMILES string of the molecule is C/C=C1/CN[C@H]2Cc3c([nH]c4ccccc34)[C@@H](c3ccc4[nH]c5c(c4c3)CCN3C[C@H]4C[C@]5(C(=O)OC)[C@@H]3[C@@H](CC)C4O)C[C@@H]1[C@@H]2C(=O)OC. The van der Waals surface area contributed by atoms with Gasteiger partial charge >= 0.3 is 11.9 Å². The van der Waals surface area contributed by atoms with Crippen molar-refractivity contribution in [3.05, 3.63) is 82.2 Å². The summed E-state index contributed by atoms with van der Waals surface area (Å²) >= 11 is 0. The molecule has 2 aromatic carbocycles. The van der Waals surface area contributed by atoms with Crippen LogP contribution in [0.1, 0.15) is 67.1 Å². The molecule has 2 aliphatic carbocycles. The van der Waals surface area contributed by atoms with Gasteiger partial charge < -0.3 is 29.9 Å². The van der Waals surface area contributed by atoms with Gasteiger partial charge in [0.25, 0.3) is 0 Å². The van der Waals surface area contributed by atoms with Gasteiger partial charge in [0.2, 0.25) is 0 Å². The number of nitrogens with one attached hydrogen (secondary N) is 3. The quantitative estimate of drug-likeness (QED) is 0.175. The van der Waals surface area contributed by atoms with Gasteiger partial charge in [-0.25, -0.2) is 0 Å². The van der Waals surface area contributed by atoms with Crippen molar-refractivity contribution < 1.29 is 24.2 Å². The number of carbonyl (C=O) groups is 2. The Morgan fingerprint density at radius 1 is 1.06 bits per heavy atom. The van der Waals surface area contributed by atoms with E-state index in [0.717, 1.165) is 67.4 Å². The van der Waals surface area contributed by atoms with Crippen molar-refractivity contribution in [3.63, 3.8) is 0 Å². The average molecular weight is 677 g/mol. The predicted molar refractivity (Wildman–Crippen MR) is 192 cm³/mol. The molecule has 4 fully saturated rings. The Kier molecular flexibility index (Phi) is 7.57. The molecule has 2 aromatic heterocycles. The number of aliphatic hydroxyl groups is 1. The lowest BCUT2D eigenvalue weighted by molar-refractivity contribution is -0.176. The number of benzene rings is 2. The molecular weight excluding hydrogens is 628 g/mol. The molecule has 6 bridgehead atoms. The summed E-state index contributed by atoms with van der Waals surface area (Å²) in [5, 5.41) is 17.4. The molecule has 2 unspecified atom stereocenters. The molecule has 6 aliphatic rings. The minimum atomic E-state index is -0.855. The Hall–Kier alpha value is -3.92. The van der Waals surface area contributed by atoms with Crippen LogP contribution in [-0.2, 0) is 37.3 Å². The molecule has 3 saturated heterocycles. The van der Waals surface area contributed by atoms with Gasteiger partial charge in [-0.05, 0) is 85.8 Å². The van der Waals surface area contributed by atoms with Gasteiger partial charge in [0.05, 0.1) is 26.2 Å². The number of hydrogen-bond acceptors (Lipinski definition) is 7. The maximum atomic E-state index is 14.1. The van der Waals surface area contributed by atoms with Crippen molar-refractivity contribution in [1.82, 2.24) is 20.2 Å². The number of aromatic amines is 2. The fraction of sp³-hybridized carbons (Fsp3) is 0.512. The number of aromatic nitrogens is 2. The number of rotatable bonds is 4. The van der Waals surface area contributed by atoms with Gasteiger partial charge in [-0.15, -0.1) is 0 Å². The molecule has 50 heavy (non-hydrogen) atoms. The monoisotopic (exact) mass is 676 g/mol. The number of hydrogen-bond donors (Lipinski definition) is 4. The zero-order valence-electron chi connectivity index (χ0n) is 29.4. The molecule has 262 valence electrons. The van der Waals surface area contributed by atoms with Crippen molar-refractivity contribution >= 4 is 33.7 Å². The van der Waals surface area contributed by atoms with Crippen LogP contribution in [0.3, 0.4) is 0 Å². The Morgan fingerprint density at radius 2 is 1.88 bits per heavy atom. The van der Waals surface area contributed by atoms with Crippen LogP contribution < -0.4 is 5.32 Å². The lowest BCUT2D eigenvalue weighted by Gasteiger charge is -2.59. The molecule has 9 heteroatoms. The summed E-state index contributed by atoms with van der Waals surface area (Å²) in [5.41, 5.74) is 8.38. The number of methoxy groups -OCH3 is 2. The number of fused-ring (bicyclic) bond motifs is 9. The van der Waals surface area contributed by atoms with Gasteiger partial charge in [0.15, 0.2) is 0 Å². The lowest BCUT2D eigenvalue weighted by Crippen LogP contribution is -2.71. The van der Waals surface area contributed by atoms with Gasteiger partial charge in [0, 0.05) is 76.7 Å². The third-order valence-electron chi connectivity index (χ3n) is 13.6. The van der Waals surface area contributed by atoms with E-state index in [1.165, 1.54) is 47.6 Å². The fourth-order valence-electron chi connectivity index (χ4n) is 11.5. The van der Waals surface area contributed by atoms with E-state index in [2.05, 4.69) is 82.6 Å². The average Bonchev–Trinajstić information content (AvgIpc) is 3.67. The summed E-state index contributed by atoms with van der Waals surface area (Å²) in [6, 6.07) is 15.2. The topological polar surface area (TPSA) is 120 Å². The summed E-state index contributed by atoms with van der Waals surface area (Å²) in [6.45, 7) is 6.62. The Morgan fingerprint density at radius 3 is 2.66 bits per heavy atom. The number of piperidine rings is 3. The van der Waals surface area contributed by atoms with E-state index in [9.17, 15) is 14.7 Å². The van der Waals surface area contributed by atoms with Crippen molar-refractivity contribution in [2.45, 2.75) is 75.5 Å². The number of para-hydroxylation sites is 1. The minimum Gasteiger partial charge on any atom is -0.469 e. The molecule has 0 spiro atoms. The maximum Gasteiger partial charge on any atom is 0.319 e. The highest BCUT2D eigenvalue weighted by Gasteiger charge is 2.65. The smallest absolute Gasteiger partial charge is 0.319 e. The summed E-state index contributed by atoms with van der Waals surface area (Å²) in [6.07, 6.45) is 5.49. The first-order chi connectivity index (χ1) is 24.3. The molecule has 6 heterocycles. The standard InChI is InChI=1S/C41H48N4O5/c1-5-21-19-42-33-17-30-25-9-7-8-10-31(25)43-35(30)28(16-27(21)34(33)39(47)49-3)22-11-12-32-29(15-22)26-13-14-45-20-23-18-41(37(26)44-32,40(48)50-4)38(45)24(6-2)36(23)46/h5,7-12,15,23-24,27-28,33-34,36,38,42-44,46H,6,13-14,16-20H2,1-4H3/b21-5-/t23-,24+,27+,28-,33+,34+,36?,38+,41-/m1/s1. The van der Waals surface area contributed by atoms with E-state index in [0.29, 0.717) is 6.42 Å². The highest BCUT2D eigenvalue weighted by atomic mass is 16.5. The van der Waals surface area contributed by atoms with Crippen molar-refractivity contribution in [2.24, 2.45) is 23.7 Å². The summed E-state index contributed by atoms with van der Waals surface area (Å²) in [5.74, 6) is -0.580. The van der Waals surface area contributed by atoms with E-state index in [-0.39, 0.29) is 53.6 Å². The van der Waals surface area contributed by atoms with Crippen LogP contribution in [0, 0.1) is 23.7 Å². The molecule has 0 amide bonds. The third kappa shape index (κ3) is 4.35. The second kappa shape index (κ2) is 11.8. The van der Waals surface area contributed by atoms with Crippen LogP contribution in [0.5, 0.6) is 0 Å². The van der Waals surface area contributed by atoms with Crippen molar-refractivity contribution in [3.8, 4) is 0 Å². The zero-order valence-corrected chi connectivity index (χ0v) is 29.4. The summed E-state index contributed by atoms with van der Waals surface area (Å²) < 4.78 is 11.1. The third-order valence-corrected chi connectivity index (χ3v) is 13.6. The second-order valence-corrected chi connectivity index (χ2v) is 15.5. The van der Waals surface area contributed by atoms with Gasteiger partial charge in [-0.3, -0.25) is 14.5 Å². The number of nitrogens with zero attached hydrogens (tertiary/aromatic N) is 1. The Balaban J connectivity index is 1.23. The Bertz CT molecular complexity index is 2040. The number of H-pyrrole nitrogens is 2. The van der Waals surface area contributed by atoms with E-state index in [1.807, 2.05) is 0 Å². The van der Waals surface area contributed by atoms with E-state index in [4.69, 9.17) is 9.47 Å². The maximum absolute atomic E-state index is 14.1. The lowest BCUT2D eigenvalue weighted by atomic mass is 9.55. The highest BCUT2D eigenvalue weighted by Crippen LogP contribution is 2.56. The Labute approximate surface area is 292 Å². The molecule has 4 aliphatic heterocycles. The largest absolute Gasteiger partial charge is 0.469 e. The molecule has 4 aromatic rings. The number of carbonyl (C=O) groups excluding carboxylic acids is 2. The van der Waals surface area contributed by atoms with E-state index in [1.54, 1.807) is 0 Å². The molecule has 4 N–H and O–H groups in total. The van der Waals surface area contributed by atoms with Crippen LogP contribution in [0.4, 0.5) is 0 Å². The van der Waals surface area contributed by atoms with Crippen LogP contribution in [-0.4, -0.2) is 84.0 Å². The first kappa shape index (κ1) is 32.0. The molecule has 1 saturated carbocycles. The molecule has 10 rings (SSSR count). The first-order valence-electron chi connectivity index (χ1n) is 18.5. The first-order valence-corrected chi connectivity index (χ1v) is 18.5. The molecular formula is C41H48N4O5. The van der Waals surface area contributed by atoms with Crippen LogP contribution >= 0.6 is 0 Å². The second-order valence-electron chi connectivity index (χ2n) is 15.5. The van der Waals surface area contributed by atoms with Crippen molar-refractivity contribution in [2.75, 3.05) is 33.9 Å². The van der Waals surface area contributed by atoms with Gasteiger partial charge in [-0.2, -0.15) is 0 Å². The predicted octanol–water partition coefficient (Wildman–Crippen LogP) is 5.11. The van der Waals surface area contributed by atoms with Crippen LogP contribution in [0.15, 0.2) is 54.1 Å². The van der Waals surface area contributed by atoms with Gasteiger partial charge in [-0.1, -0.05) is 42.8 Å². The van der Waals surface area contributed by atoms with E-state index < -0.39 is 11.5 Å². The van der Waals surface area contributed by atoms with Gasteiger partial charge in [0.1, 0.15) is 5.41 Å². The number of esters is 2. The number of aliphatic hydroxyl groups excluding tert-OH is 1. The molecule has 10 atom stereocenters. The minimum absolute atomic E-state index is 0.00209. The highest BCUT2D eigenvalue weighted by molar-refractivity contribution is 5.92. The summed E-state index contributed by atoms with van der Waals surface area (Å²) in [4.78, 5) is 37.8. The van der Waals surface area contributed by atoms with Crippen LogP contribution in [0.2, 0.25) is 0 Å². The van der Waals surface area contributed by atoms with E-state index >= 15 is 0 Å². The molecule has 9 nitrogen and oxygen atoms in total. The zero-order chi connectivity index (χ0) is 34.5. The fourth-order valence-corrected chi connectivity index (χ4v) is 11.5. The summed E-state index contributed by atoms with van der Waals surface area (Å²) in [7, 11) is 3.01.